The van der Waals surface area contributed by atoms with Gasteiger partial charge in [0.05, 0.1) is 24.0 Å². The minimum Gasteiger partial charge on any atom is -0.383 e. The Balaban J connectivity index is 1.97. The number of rotatable bonds is 5. The lowest BCUT2D eigenvalue weighted by molar-refractivity contribution is -0.129. The van der Waals surface area contributed by atoms with Crippen LogP contribution in [0.4, 0.5) is 0 Å². The van der Waals surface area contributed by atoms with E-state index in [1.54, 1.807) is 12.0 Å². The molecule has 0 saturated carbocycles. The normalized spacial score (nSPS) is 18.6. The van der Waals surface area contributed by atoms with Gasteiger partial charge in [0.1, 0.15) is 6.04 Å². The number of hydrogen-bond donors (Lipinski definition) is 1. The molecule has 1 saturated heterocycles. The largest absolute Gasteiger partial charge is 0.383 e. The van der Waals surface area contributed by atoms with Crippen LogP contribution in [0.2, 0.25) is 0 Å². The van der Waals surface area contributed by atoms with Crippen molar-refractivity contribution in [1.82, 2.24) is 20.0 Å². The predicted molar refractivity (Wildman–Crippen MR) is 99.7 cm³/mol. The summed E-state index contributed by atoms with van der Waals surface area (Å²) in [6.45, 7) is 6.25. The van der Waals surface area contributed by atoms with Gasteiger partial charge in [0.15, 0.2) is 5.11 Å². The molecule has 0 bridgehead atoms. The number of amides is 1. The fourth-order valence-electron chi connectivity index (χ4n) is 3.32. The van der Waals surface area contributed by atoms with Gasteiger partial charge in [0, 0.05) is 18.4 Å². The number of nitrogens with one attached hydrogen (secondary N) is 1. The quantitative estimate of drug-likeness (QED) is 0.831. The average molecular weight is 358 g/mol. The van der Waals surface area contributed by atoms with Crippen LogP contribution < -0.4 is 5.32 Å². The molecule has 1 aliphatic heterocycles. The van der Waals surface area contributed by atoms with Crippen LogP contribution in [0.1, 0.15) is 29.9 Å². The first-order valence-corrected chi connectivity index (χ1v) is 8.60. The first-order chi connectivity index (χ1) is 12.0. The summed E-state index contributed by atoms with van der Waals surface area (Å²) >= 11 is 5.38. The molecule has 7 heteroatoms. The van der Waals surface area contributed by atoms with Gasteiger partial charge in [-0.1, -0.05) is 18.2 Å². The van der Waals surface area contributed by atoms with Gasteiger partial charge >= 0.3 is 0 Å². The number of methoxy groups -OCH3 is 1. The first kappa shape index (κ1) is 17.6. The zero-order chi connectivity index (χ0) is 18.1. The summed E-state index contributed by atoms with van der Waals surface area (Å²) in [5, 5.41) is 8.22. The Hall–Kier alpha value is -2.25. The Morgan fingerprint density at radius 3 is 2.64 bits per heavy atom. The molecule has 1 aliphatic rings. The number of aromatic nitrogens is 2. The molecule has 3 rings (SSSR count). The molecule has 1 aromatic carbocycles. The molecular formula is C18H22N4O2S. The highest BCUT2D eigenvalue weighted by Crippen LogP contribution is 2.29. The molecule has 2 heterocycles. The molecule has 2 aromatic rings. The molecule has 1 amide bonds. The minimum atomic E-state index is -0.510. The van der Waals surface area contributed by atoms with E-state index in [4.69, 9.17) is 17.0 Å². The van der Waals surface area contributed by atoms with Crippen LogP contribution in [-0.2, 0) is 9.53 Å². The van der Waals surface area contributed by atoms with E-state index in [0.717, 1.165) is 22.6 Å². The van der Waals surface area contributed by atoms with Crippen LogP contribution in [0, 0.1) is 13.8 Å². The van der Waals surface area contributed by atoms with Crippen molar-refractivity contribution in [3.63, 3.8) is 0 Å². The molecule has 25 heavy (non-hydrogen) atoms. The smallest absolute Gasteiger partial charge is 0.256 e. The zero-order valence-corrected chi connectivity index (χ0v) is 15.6. The summed E-state index contributed by atoms with van der Waals surface area (Å²) in [7, 11) is 1.61. The van der Waals surface area contributed by atoms with Gasteiger partial charge in [0.25, 0.3) is 5.91 Å². The summed E-state index contributed by atoms with van der Waals surface area (Å²) in [4.78, 5) is 14.6. The van der Waals surface area contributed by atoms with Gasteiger partial charge in [-0.05, 0) is 45.1 Å². The van der Waals surface area contributed by atoms with Crippen LogP contribution in [0.5, 0.6) is 0 Å². The van der Waals surface area contributed by atoms with Gasteiger partial charge < -0.3 is 10.1 Å². The number of nitrogens with zero attached hydrogens (tertiary/aromatic N) is 3. The summed E-state index contributed by atoms with van der Waals surface area (Å²) < 4.78 is 7.03. The third-order valence-electron chi connectivity index (χ3n) is 4.46. The van der Waals surface area contributed by atoms with E-state index in [1.807, 2.05) is 55.8 Å². The Morgan fingerprint density at radius 2 is 2.00 bits per heavy atom. The highest BCUT2D eigenvalue weighted by atomic mass is 32.1. The van der Waals surface area contributed by atoms with Crippen molar-refractivity contribution in [3.05, 3.63) is 47.3 Å². The number of benzene rings is 1. The van der Waals surface area contributed by atoms with E-state index in [9.17, 15) is 4.79 Å². The first-order valence-electron chi connectivity index (χ1n) is 8.19. The van der Waals surface area contributed by atoms with Crippen LogP contribution in [-0.4, -0.2) is 45.5 Å². The molecule has 2 atom stereocenters. The third kappa shape index (κ3) is 3.05. The second kappa shape index (κ2) is 6.93. The van der Waals surface area contributed by atoms with Crippen LogP contribution in [0.15, 0.2) is 30.3 Å². The minimum absolute atomic E-state index is 0.0617. The van der Waals surface area contributed by atoms with Crippen molar-refractivity contribution in [2.75, 3.05) is 13.7 Å². The van der Waals surface area contributed by atoms with Crippen molar-refractivity contribution in [2.45, 2.75) is 32.9 Å². The Morgan fingerprint density at radius 1 is 1.32 bits per heavy atom. The SMILES string of the molecule is COC[C@@H](C)N1C(=O)[C@@H](c2c(C)nn(-c3ccccc3)c2C)NC1=S. The van der Waals surface area contributed by atoms with E-state index >= 15 is 0 Å². The van der Waals surface area contributed by atoms with E-state index in [0.29, 0.717) is 11.7 Å². The van der Waals surface area contributed by atoms with Crippen LogP contribution in [0.25, 0.3) is 5.69 Å². The molecule has 0 radical (unpaired) electrons. The molecule has 0 aliphatic carbocycles. The third-order valence-corrected chi connectivity index (χ3v) is 4.77. The zero-order valence-electron chi connectivity index (χ0n) is 14.8. The number of para-hydroxylation sites is 1. The Kier molecular flexibility index (Phi) is 4.87. The summed E-state index contributed by atoms with van der Waals surface area (Å²) in [6.07, 6.45) is 0. The van der Waals surface area contributed by atoms with Gasteiger partial charge in [-0.15, -0.1) is 0 Å². The summed E-state index contributed by atoms with van der Waals surface area (Å²) in [6, 6.07) is 9.25. The highest BCUT2D eigenvalue weighted by molar-refractivity contribution is 7.80. The monoisotopic (exact) mass is 358 g/mol. The van der Waals surface area contributed by atoms with E-state index in [2.05, 4.69) is 10.4 Å². The summed E-state index contributed by atoms with van der Waals surface area (Å²) in [5.41, 5.74) is 3.59. The lowest BCUT2D eigenvalue weighted by atomic mass is 10.0. The average Bonchev–Trinajstić information content (AvgIpc) is 3.04. The maximum absolute atomic E-state index is 13.0. The van der Waals surface area contributed by atoms with E-state index < -0.39 is 6.04 Å². The summed E-state index contributed by atoms with van der Waals surface area (Å²) in [5.74, 6) is -0.0617. The van der Waals surface area contributed by atoms with Crippen molar-refractivity contribution in [1.29, 1.82) is 0 Å². The number of carbonyl (C=O) groups is 1. The second-order valence-corrected chi connectivity index (χ2v) is 6.61. The predicted octanol–water partition coefficient (Wildman–Crippen LogP) is 2.28. The fraction of sp³-hybridized carbons (Fsp3) is 0.389. The van der Waals surface area contributed by atoms with Gasteiger partial charge in [0.2, 0.25) is 0 Å². The molecule has 0 spiro atoms. The van der Waals surface area contributed by atoms with Crippen molar-refractivity contribution in [2.24, 2.45) is 0 Å². The lowest BCUT2D eigenvalue weighted by Crippen LogP contribution is -2.41. The molecule has 1 aromatic heterocycles. The highest BCUT2D eigenvalue weighted by Gasteiger charge is 2.41. The van der Waals surface area contributed by atoms with Gasteiger partial charge in [-0.25, -0.2) is 4.68 Å². The molecule has 0 unspecified atom stereocenters. The molecular weight excluding hydrogens is 336 g/mol. The fourth-order valence-corrected chi connectivity index (χ4v) is 3.70. The van der Waals surface area contributed by atoms with Gasteiger partial charge in [-0.3, -0.25) is 9.69 Å². The lowest BCUT2D eigenvalue weighted by Gasteiger charge is -2.22. The maximum Gasteiger partial charge on any atom is 0.256 e. The van der Waals surface area contributed by atoms with Crippen molar-refractivity contribution >= 4 is 23.2 Å². The number of carbonyl (C=O) groups excluding carboxylic acids is 1. The van der Waals surface area contributed by atoms with Gasteiger partial charge in [-0.2, -0.15) is 5.10 Å². The second-order valence-electron chi connectivity index (χ2n) is 6.23. The van der Waals surface area contributed by atoms with Crippen LogP contribution in [0.3, 0.4) is 0 Å². The number of hydrogen-bond acceptors (Lipinski definition) is 4. The topological polar surface area (TPSA) is 59.4 Å². The maximum atomic E-state index is 13.0. The molecule has 1 fully saturated rings. The number of ether oxygens (including phenoxy) is 1. The number of aryl methyl sites for hydroxylation is 1. The number of thiocarbonyl (C=S) groups is 1. The molecule has 1 N–H and O–H groups in total. The molecule has 6 nitrogen and oxygen atoms in total. The molecule has 132 valence electrons. The van der Waals surface area contributed by atoms with Crippen molar-refractivity contribution in [3.8, 4) is 5.69 Å². The van der Waals surface area contributed by atoms with E-state index in [1.165, 1.54) is 0 Å². The van der Waals surface area contributed by atoms with Crippen LogP contribution >= 0.6 is 12.2 Å². The standard InChI is InChI=1S/C18H22N4O2S/c1-11(10-24-4)21-17(23)16(19-18(21)25)15-12(2)20-22(13(15)3)14-8-6-5-7-9-14/h5-9,11,16H,10H2,1-4H3,(H,19,25)/t11-,16-/m1/s1. The Bertz CT molecular complexity index is 803. The van der Waals surface area contributed by atoms with E-state index in [-0.39, 0.29) is 11.9 Å². The van der Waals surface area contributed by atoms with Crippen molar-refractivity contribution < 1.29 is 9.53 Å². The Labute approximate surface area is 152 Å².